The van der Waals surface area contributed by atoms with E-state index in [0.717, 1.165) is 16.1 Å². The predicted molar refractivity (Wildman–Crippen MR) is 118 cm³/mol. The van der Waals surface area contributed by atoms with E-state index in [1.807, 2.05) is 59.1 Å². The Labute approximate surface area is 178 Å². The average molecular weight is 410 g/mol. The standard InChI is InChI=1S/C24H18N4O3/c1-31-18-11-7-8-16(14-18)22-20(27-13-6-5-12-21(27)26-22)15-19-23(29)28(24(30)25-19)17-9-3-2-4-10-17/h2-15H,1H3,(H,25,30)/b19-15-. The molecule has 2 aromatic heterocycles. The van der Waals surface area contributed by atoms with E-state index in [1.165, 1.54) is 0 Å². The van der Waals surface area contributed by atoms with Crippen molar-refractivity contribution in [1.29, 1.82) is 0 Å². The second-order valence-electron chi connectivity index (χ2n) is 6.97. The van der Waals surface area contributed by atoms with Crippen LogP contribution in [0.5, 0.6) is 5.75 Å². The largest absolute Gasteiger partial charge is 0.497 e. The van der Waals surface area contributed by atoms with Crippen LogP contribution in [0.2, 0.25) is 0 Å². The van der Waals surface area contributed by atoms with E-state index in [9.17, 15) is 9.59 Å². The molecule has 0 bridgehead atoms. The molecule has 3 heterocycles. The van der Waals surface area contributed by atoms with Crippen molar-refractivity contribution in [1.82, 2.24) is 14.7 Å². The van der Waals surface area contributed by atoms with Crippen LogP contribution in [-0.2, 0) is 4.79 Å². The molecule has 0 spiro atoms. The fraction of sp³-hybridized carbons (Fsp3) is 0.0417. The molecule has 5 rings (SSSR count). The first-order chi connectivity index (χ1) is 15.2. The molecule has 0 radical (unpaired) electrons. The van der Waals surface area contributed by atoms with E-state index in [0.29, 0.717) is 22.8 Å². The number of nitrogens with one attached hydrogen (secondary N) is 1. The molecule has 0 saturated carbocycles. The molecule has 7 nitrogen and oxygen atoms in total. The van der Waals surface area contributed by atoms with Crippen LogP contribution in [0.25, 0.3) is 23.0 Å². The molecule has 0 aliphatic carbocycles. The Hall–Kier alpha value is -4.39. The first-order valence-corrected chi connectivity index (χ1v) is 9.69. The number of pyridine rings is 1. The SMILES string of the molecule is COc1cccc(-c2nc3ccccn3c2/C=C2\NC(=O)N(c3ccccc3)C2=O)c1. The van der Waals surface area contributed by atoms with Crippen molar-refractivity contribution in [3.8, 4) is 17.0 Å². The molecular weight excluding hydrogens is 392 g/mol. The van der Waals surface area contributed by atoms with E-state index in [-0.39, 0.29) is 5.70 Å². The number of methoxy groups -OCH3 is 1. The number of rotatable bonds is 4. The van der Waals surface area contributed by atoms with Crippen LogP contribution < -0.4 is 15.0 Å². The van der Waals surface area contributed by atoms with E-state index in [4.69, 9.17) is 9.72 Å². The summed E-state index contributed by atoms with van der Waals surface area (Å²) in [6.45, 7) is 0. The summed E-state index contributed by atoms with van der Waals surface area (Å²) < 4.78 is 7.23. The van der Waals surface area contributed by atoms with Crippen molar-refractivity contribution in [2.24, 2.45) is 0 Å². The maximum absolute atomic E-state index is 13.1. The fourth-order valence-electron chi connectivity index (χ4n) is 3.62. The van der Waals surface area contributed by atoms with Crippen LogP contribution in [0.15, 0.2) is 84.7 Å². The lowest BCUT2D eigenvalue weighted by molar-refractivity contribution is -0.113. The summed E-state index contributed by atoms with van der Waals surface area (Å²) in [6, 6.07) is 21.6. The molecular formula is C24H18N4O3. The minimum Gasteiger partial charge on any atom is -0.497 e. The van der Waals surface area contributed by atoms with Crippen molar-refractivity contribution >= 4 is 29.3 Å². The zero-order valence-corrected chi connectivity index (χ0v) is 16.6. The van der Waals surface area contributed by atoms with Crippen molar-refractivity contribution in [2.75, 3.05) is 12.0 Å². The van der Waals surface area contributed by atoms with Gasteiger partial charge in [0.2, 0.25) is 0 Å². The van der Waals surface area contributed by atoms with Gasteiger partial charge in [0.1, 0.15) is 17.1 Å². The number of amides is 3. The van der Waals surface area contributed by atoms with Gasteiger partial charge in [-0.15, -0.1) is 0 Å². The van der Waals surface area contributed by atoms with Crippen molar-refractivity contribution < 1.29 is 14.3 Å². The third-order valence-corrected chi connectivity index (χ3v) is 5.08. The molecule has 1 aliphatic heterocycles. The van der Waals surface area contributed by atoms with E-state index < -0.39 is 11.9 Å². The van der Waals surface area contributed by atoms with Gasteiger partial charge in [-0.1, -0.05) is 36.4 Å². The first-order valence-electron chi connectivity index (χ1n) is 9.69. The number of carbonyl (C=O) groups is 2. The summed E-state index contributed by atoms with van der Waals surface area (Å²) in [5, 5.41) is 2.69. The summed E-state index contributed by atoms with van der Waals surface area (Å²) in [5.41, 5.74) is 3.62. The Kier molecular flexibility index (Phi) is 4.48. The number of imidazole rings is 1. The van der Waals surface area contributed by atoms with Gasteiger partial charge in [0.05, 0.1) is 24.2 Å². The number of urea groups is 1. The molecule has 1 fully saturated rings. The first kappa shape index (κ1) is 18.6. The minimum absolute atomic E-state index is 0.184. The smallest absolute Gasteiger partial charge is 0.333 e. The molecule has 4 aromatic rings. The number of imide groups is 1. The zero-order chi connectivity index (χ0) is 21.4. The monoisotopic (exact) mass is 410 g/mol. The number of carbonyl (C=O) groups excluding carboxylic acids is 2. The van der Waals surface area contributed by atoms with Crippen LogP contribution in [-0.4, -0.2) is 28.4 Å². The molecule has 7 heteroatoms. The number of nitrogens with zero attached hydrogens (tertiary/aromatic N) is 3. The lowest BCUT2D eigenvalue weighted by Crippen LogP contribution is -2.30. The Morgan fingerprint density at radius 3 is 2.58 bits per heavy atom. The van der Waals surface area contributed by atoms with E-state index >= 15 is 0 Å². The molecule has 2 aromatic carbocycles. The third-order valence-electron chi connectivity index (χ3n) is 5.08. The maximum atomic E-state index is 13.1. The molecule has 0 unspecified atom stereocenters. The van der Waals surface area contributed by atoms with Gasteiger partial charge in [-0.25, -0.2) is 14.7 Å². The second kappa shape index (κ2) is 7.46. The highest BCUT2D eigenvalue weighted by Gasteiger charge is 2.35. The topological polar surface area (TPSA) is 75.9 Å². The Morgan fingerprint density at radius 1 is 0.968 bits per heavy atom. The van der Waals surface area contributed by atoms with Gasteiger partial charge in [0.25, 0.3) is 5.91 Å². The summed E-state index contributed by atoms with van der Waals surface area (Å²) in [7, 11) is 1.61. The van der Waals surface area contributed by atoms with Gasteiger partial charge < -0.3 is 10.1 Å². The molecule has 3 amide bonds. The highest BCUT2D eigenvalue weighted by molar-refractivity contribution is 6.28. The summed E-state index contributed by atoms with van der Waals surface area (Å²) >= 11 is 0. The van der Waals surface area contributed by atoms with Crippen molar-refractivity contribution in [3.05, 3.63) is 90.4 Å². The van der Waals surface area contributed by atoms with Crippen LogP contribution in [0.1, 0.15) is 5.69 Å². The highest BCUT2D eigenvalue weighted by Crippen LogP contribution is 2.30. The quantitative estimate of drug-likeness (QED) is 0.406. The summed E-state index contributed by atoms with van der Waals surface area (Å²) in [6.07, 6.45) is 3.53. The molecule has 1 saturated heterocycles. The molecule has 31 heavy (non-hydrogen) atoms. The number of para-hydroxylation sites is 1. The number of benzene rings is 2. The van der Waals surface area contributed by atoms with Gasteiger partial charge >= 0.3 is 6.03 Å². The number of hydrogen-bond donors (Lipinski definition) is 1. The Bertz CT molecular complexity index is 1340. The lowest BCUT2D eigenvalue weighted by Gasteiger charge is -2.10. The number of hydrogen-bond acceptors (Lipinski definition) is 4. The number of fused-ring (bicyclic) bond motifs is 1. The fourth-order valence-corrected chi connectivity index (χ4v) is 3.62. The molecule has 0 atom stereocenters. The van der Waals surface area contributed by atoms with E-state index in [2.05, 4.69) is 5.32 Å². The van der Waals surface area contributed by atoms with Crippen LogP contribution in [0.3, 0.4) is 0 Å². The van der Waals surface area contributed by atoms with Gasteiger partial charge in [-0.3, -0.25) is 9.20 Å². The normalized spacial score (nSPS) is 15.0. The van der Waals surface area contributed by atoms with Crippen LogP contribution in [0, 0.1) is 0 Å². The van der Waals surface area contributed by atoms with Crippen molar-refractivity contribution in [3.63, 3.8) is 0 Å². The van der Waals surface area contributed by atoms with E-state index in [1.54, 1.807) is 37.5 Å². The third kappa shape index (κ3) is 3.22. The number of aromatic nitrogens is 2. The molecule has 1 N–H and O–H groups in total. The van der Waals surface area contributed by atoms with Crippen LogP contribution >= 0.6 is 0 Å². The van der Waals surface area contributed by atoms with Gasteiger partial charge in [0.15, 0.2) is 0 Å². The van der Waals surface area contributed by atoms with Crippen LogP contribution in [0.4, 0.5) is 10.5 Å². The summed E-state index contributed by atoms with van der Waals surface area (Å²) in [4.78, 5) is 31.5. The lowest BCUT2D eigenvalue weighted by atomic mass is 10.1. The minimum atomic E-state index is -0.487. The highest BCUT2D eigenvalue weighted by atomic mass is 16.5. The molecule has 1 aliphatic rings. The van der Waals surface area contributed by atoms with Crippen molar-refractivity contribution in [2.45, 2.75) is 0 Å². The van der Waals surface area contributed by atoms with Gasteiger partial charge in [0, 0.05) is 11.8 Å². The number of ether oxygens (including phenoxy) is 1. The van der Waals surface area contributed by atoms with Gasteiger partial charge in [-0.2, -0.15) is 0 Å². The average Bonchev–Trinajstić information content (AvgIpc) is 3.31. The molecule has 152 valence electrons. The maximum Gasteiger partial charge on any atom is 0.333 e. The Balaban J connectivity index is 1.64. The number of anilines is 1. The second-order valence-corrected chi connectivity index (χ2v) is 6.97. The predicted octanol–water partition coefficient (Wildman–Crippen LogP) is 4.11. The zero-order valence-electron chi connectivity index (χ0n) is 16.6. The van der Waals surface area contributed by atoms with Gasteiger partial charge in [-0.05, 0) is 42.5 Å². The summed E-state index contributed by atoms with van der Waals surface area (Å²) in [5.74, 6) is 0.285. The Morgan fingerprint density at radius 2 is 1.77 bits per heavy atom.